The summed E-state index contributed by atoms with van der Waals surface area (Å²) < 4.78 is 10.1. The largest absolute Gasteiger partial charge is 0.497 e. The molecule has 0 aliphatic heterocycles. The first-order chi connectivity index (χ1) is 6.81. The topological polar surface area (TPSA) is 48.4 Å². The molecule has 1 aromatic heterocycles. The van der Waals surface area contributed by atoms with E-state index in [0.717, 1.165) is 16.9 Å². The van der Waals surface area contributed by atoms with Crippen molar-refractivity contribution < 1.29 is 9.15 Å². The van der Waals surface area contributed by atoms with E-state index in [0.29, 0.717) is 5.69 Å². The van der Waals surface area contributed by atoms with Gasteiger partial charge in [0.1, 0.15) is 18.3 Å². The molecule has 14 heavy (non-hydrogen) atoms. The Morgan fingerprint density at radius 3 is 2.36 bits per heavy atom. The van der Waals surface area contributed by atoms with Crippen molar-refractivity contribution in [2.45, 2.75) is 0 Å². The predicted octanol–water partition coefficient (Wildman–Crippen LogP) is 2.54. The van der Waals surface area contributed by atoms with E-state index < -0.39 is 0 Å². The van der Waals surface area contributed by atoms with Gasteiger partial charge in [0.25, 0.3) is 0 Å². The zero-order valence-electron chi connectivity index (χ0n) is 7.86. The smallest absolute Gasteiger partial charge is 0.118 e. The van der Waals surface area contributed by atoms with Crippen molar-refractivity contribution in [2.24, 2.45) is 0 Å². The third-order valence-corrected chi connectivity index (χ3v) is 2.09. The average Bonchev–Trinajstić information content (AvgIpc) is 2.65. The maximum atomic E-state index is 5.72. The molecule has 0 fully saturated rings. The fourth-order valence-corrected chi connectivity index (χ4v) is 1.31. The lowest BCUT2D eigenvalue weighted by atomic mass is 10.1. The van der Waals surface area contributed by atoms with Gasteiger partial charge in [0, 0.05) is 5.56 Å². The highest BCUT2D eigenvalue weighted by atomic mass is 16.5. The monoisotopic (exact) mass is 189 g/mol. The molecule has 2 N–H and O–H groups in total. The van der Waals surface area contributed by atoms with Crippen LogP contribution in [0.3, 0.4) is 0 Å². The molecule has 3 nitrogen and oxygen atoms in total. The van der Waals surface area contributed by atoms with Gasteiger partial charge in [-0.15, -0.1) is 0 Å². The van der Waals surface area contributed by atoms with Gasteiger partial charge < -0.3 is 14.9 Å². The van der Waals surface area contributed by atoms with Gasteiger partial charge in [0.05, 0.1) is 12.8 Å². The van der Waals surface area contributed by atoms with Gasteiger partial charge in [-0.1, -0.05) is 12.1 Å². The summed E-state index contributed by atoms with van der Waals surface area (Å²) in [5, 5.41) is 0. The predicted molar refractivity (Wildman–Crippen MR) is 55.1 cm³/mol. The number of ether oxygens (including phenoxy) is 1. The third-order valence-electron chi connectivity index (χ3n) is 2.09. The number of benzene rings is 1. The highest BCUT2D eigenvalue weighted by Crippen LogP contribution is 2.27. The molecule has 0 saturated heterocycles. The molecular formula is C11H11NO2. The van der Waals surface area contributed by atoms with Crippen molar-refractivity contribution in [3.63, 3.8) is 0 Å². The fourth-order valence-electron chi connectivity index (χ4n) is 1.31. The van der Waals surface area contributed by atoms with Gasteiger partial charge in [-0.2, -0.15) is 0 Å². The molecule has 0 unspecified atom stereocenters. The van der Waals surface area contributed by atoms with Crippen LogP contribution in [0.5, 0.6) is 5.75 Å². The van der Waals surface area contributed by atoms with E-state index in [1.807, 2.05) is 24.3 Å². The Hall–Kier alpha value is -1.90. The molecule has 72 valence electrons. The minimum absolute atomic E-state index is 0.648. The van der Waals surface area contributed by atoms with Crippen LogP contribution >= 0.6 is 0 Å². The number of anilines is 1. The van der Waals surface area contributed by atoms with Crippen LogP contribution in [-0.2, 0) is 0 Å². The van der Waals surface area contributed by atoms with Crippen molar-refractivity contribution in [3.8, 4) is 16.9 Å². The number of rotatable bonds is 2. The Balaban J connectivity index is 2.39. The summed E-state index contributed by atoms with van der Waals surface area (Å²) in [4.78, 5) is 0. The van der Waals surface area contributed by atoms with Crippen molar-refractivity contribution in [1.29, 1.82) is 0 Å². The lowest BCUT2D eigenvalue weighted by Crippen LogP contribution is -1.85. The summed E-state index contributed by atoms with van der Waals surface area (Å²) in [6.45, 7) is 0. The maximum absolute atomic E-state index is 5.72. The summed E-state index contributed by atoms with van der Waals surface area (Å²) in [6, 6.07) is 7.67. The fraction of sp³-hybridized carbons (Fsp3) is 0.0909. The van der Waals surface area contributed by atoms with Gasteiger partial charge in [0.15, 0.2) is 0 Å². The SMILES string of the molecule is COc1ccc(-c2cocc2N)cc1. The molecule has 0 spiro atoms. The second-order valence-electron chi connectivity index (χ2n) is 2.97. The first kappa shape index (κ1) is 8.69. The molecule has 0 radical (unpaired) electrons. The normalized spacial score (nSPS) is 10.1. The summed E-state index contributed by atoms with van der Waals surface area (Å²) in [6.07, 6.45) is 3.16. The average molecular weight is 189 g/mol. The Kier molecular flexibility index (Phi) is 2.14. The lowest BCUT2D eigenvalue weighted by Gasteiger charge is -2.01. The molecule has 0 aliphatic rings. The second kappa shape index (κ2) is 3.46. The van der Waals surface area contributed by atoms with Crippen LogP contribution in [0.15, 0.2) is 41.2 Å². The zero-order valence-corrected chi connectivity index (χ0v) is 7.86. The van der Waals surface area contributed by atoms with E-state index in [1.54, 1.807) is 13.4 Å². The van der Waals surface area contributed by atoms with Crippen LogP contribution in [0.25, 0.3) is 11.1 Å². The quantitative estimate of drug-likeness (QED) is 0.789. The van der Waals surface area contributed by atoms with Crippen LogP contribution in [-0.4, -0.2) is 7.11 Å². The van der Waals surface area contributed by atoms with E-state index in [-0.39, 0.29) is 0 Å². The number of methoxy groups -OCH3 is 1. The van der Waals surface area contributed by atoms with Crippen molar-refractivity contribution in [2.75, 3.05) is 12.8 Å². The minimum atomic E-state index is 0.648. The third kappa shape index (κ3) is 1.44. The van der Waals surface area contributed by atoms with E-state index in [2.05, 4.69) is 0 Å². The van der Waals surface area contributed by atoms with Gasteiger partial charge in [-0.05, 0) is 17.7 Å². The van der Waals surface area contributed by atoms with Gasteiger partial charge in [-0.3, -0.25) is 0 Å². The molecular weight excluding hydrogens is 178 g/mol. The molecule has 0 bridgehead atoms. The Labute approximate surface area is 82.1 Å². The Morgan fingerprint density at radius 1 is 1.14 bits per heavy atom. The summed E-state index contributed by atoms with van der Waals surface area (Å²) in [5.41, 5.74) is 8.30. The number of hydrogen-bond donors (Lipinski definition) is 1. The lowest BCUT2D eigenvalue weighted by molar-refractivity contribution is 0.415. The molecule has 2 rings (SSSR count). The van der Waals surface area contributed by atoms with Crippen molar-refractivity contribution >= 4 is 5.69 Å². The molecule has 0 aliphatic carbocycles. The van der Waals surface area contributed by atoms with Crippen LogP contribution in [0.4, 0.5) is 5.69 Å². The van der Waals surface area contributed by atoms with Gasteiger partial charge >= 0.3 is 0 Å². The second-order valence-corrected chi connectivity index (χ2v) is 2.97. The molecule has 1 heterocycles. The number of hydrogen-bond acceptors (Lipinski definition) is 3. The van der Waals surface area contributed by atoms with Crippen LogP contribution < -0.4 is 10.5 Å². The Morgan fingerprint density at radius 2 is 1.86 bits per heavy atom. The highest BCUT2D eigenvalue weighted by Gasteiger charge is 2.04. The molecule has 0 atom stereocenters. The number of nitrogen functional groups attached to an aromatic ring is 1. The van der Waals surface area contributed by atoms with Crippen LogP contribution in [0.1, 0.15) is 0 Å². The van der Waals surface area contributed by atoms with E-state index >= 15 is 0 Å². The highest BCUT2D eigenvalue weighted by molar-refractivity contribution is 5.75. The summed E-state index contributed by atoms with van der Waals surface area (Å²) in [7, 11) is 1.64. The maximum Gasteiger partial charge on any atom is 0.118 e. The molecule has 0 saturated carbocycles. The van der Waals surface area contributed by atoms with Crippen molar-refractivity contribution in [3.05, 3.63) is 36.8 Å². The molecule has 0 amide bonds. The Bertz CT molecular complexity index is 417. The van der Waals surface area contributed by atoms with Gasteiger partial charge in [-0.25, -0.2) is 0 Å². The van der Waals surface area contributed by atoms with E-state index in [4.69, 9.17) is 14.9 Å². The molecule has 1 aromatic carbocycles. The molecule has 2 aromatic rings. The standard InChI is InChI=1S/C11H11NO2/c1-13-9-4-2-8(3-5-9)10-6-14-7-11(10)12/h2-7H,12H2,1H3. The summed E-state index contributed by atoms with van der Waals surface area (Å²) in [5.74, 6) is 0.829. The van der Waals surface area contributed by atoms with Crippen LogP contribution in [0.2, 0.25) is 0 Å². The van der Waals surface area contributed by atoms with Gasteiger partial charge in [0.2, 0.25) is 0 Å². The van der Waals surface area contributed by atoms with Crippen LogP contribution in [0, 0.1) is 0 Å². The minimum Gasteiger partial charge on any atom is -0.497 e. The summed E-state index contributed by atoms with van der Waals surface area (Å²) >= 11 is 0. The van der Waals surface area contributed by atoms with E-state index in [9.17, 15) is 0 Å². The van der Waals surface area contributed by atoms with E-state index in [1.165, 1.54) is 6.26 Å². The van der Waals surface area contributed by atoms with Crippen molar-refractivity contribution in [1.82, 2.24) is 0 Å². The zero-order chi connectivity index (χ0) is 9.97. The number of nitrogens with two attached hydrogens (primary N) is 1. The number of furan rings is 1. The first-order valence-corrected chi connectivity index (χ1v) is 4.27. The first-order valence-electron chi connectivity index (χ1n) is 4.27. The molecule has 3 heteroatoms.